The highest BCUT2D eigenvalue weighted by Crippen LogP contribution is 2.51. The summed E-state index contributed by atoms with van der Waals surface area (Å²) in [5, 5.41) is 2.98. The largest absolute Gasteiger partial charge is 0.381 e. The number of amides is 2. The van der Waals surface area contributed by atoms with Gasteiger partial charge < -0.3 is 15.0 Å². The topological polar surface area (TPSA) is 58.6 Å². The smallest absolute Gasteiger partial charge is 0.226 e. The van der Waals surface area contributed by atoms with Gasteiger partial charge in [0, 0.05) is 31.0 Å². The van der Waals surface area contributed by atoms with Crippen LogP contribution in [-0.2, 0) is 14.3 Å². The summed E-state index contributed by atoms with van der Waals surface area (Å²) < 4.78 is 5.34. The average Bonchev–Trinajstić information content (AvgIpc) is 2.95. The Kier molecular flexibility index (Phi) is 5.15. The van der Waals surface area contributed by atoms with E-state index in [2.05, 4.69) is 19.2 Å². The zero-order valence-electron chi connectivity index (χ0n) is 14.5. The molecule has 1 aliphatic heterocycles. The first-order valence-electron chi connectivity index (χ1n) is 8.45. The van der Waals surface area contributed by atoms with Crippen molar-refractivity contribution < 1.29 is 14.3 Å². The van der Waals surface area contributed by atoms with Crippen molar-refractivity contribution in [1.29, 1.82) is 0 Å². The molecular weight excluding hydrogens is 280 g/mol. The lowest BCUT2D eigenvalue weighted by molar-refractivity contribution is -0.135. The lowest BCUT2D eigenvalue weighted by Crippen LogP contribution is -2.45. The van der Waals surface area contributed by atoms with Gasteiger partial charge in [-0.15, -0.1) is 0 Å². The predicted octanol–water partition coefficient (Wildman–Crippen LogP) is 1.53. The molecule has 2 fully saturated rings. The summed E-state index contributed by atoms with van der Waals surface area (Å²) >= 11 is 0. The van der Waals surface area contributed by atoms with E-state index in [0.29, 0.717) is 31.5 Å². The molecule has 5 heteroatoms. The van der Waals surface area contributed by atoms with Crippen LogP contribution < -0.4 is 5.32 Å². The van der Waals surface area contributed by atoms with Crippen molar-refractivity contribution in [3.8, 4) is 0 Å². The summed E-state index contributed by atoms with van der Waals surface area (Å²) in [5.74, 6) is 1.62. The fourth-order valence-electron chi connectivity index (χ4n) is 3.04. The maximum atomic E-state index is 12.5. The molecule has 0 spiro atoms. The number of carbonyl (C=O) groups is 2. The summed E-state index contributed by atoms with van der Waals surface area (Å²) in [6.45, 7) is 13.3. The highest BCUT2D eigenvalue weighted by Gasteiger charge is 2.58. The highest BCUT2D eigenvalue weighted by atomic mass is 16.5. The van der Waals surface area contributed by atoms with Gasteiger partial charge >= 0.3 is 0 Å². The Morgan fingerprint density at radius 3 is 2.36 bits per heavy atom. The van der Waals surface area contributed by atoms with E-state index in [1.54, 1.807) is 0 Å². The SMILES string of the molecule is CCN(CCNC(=O)C(C)(C)C(C)C)C(=O)C1[C@H]2COC[C@@H]12. The summed E-state index contributed by atoms with van der Waals surface area (Å²) in [6, 6.07) is 0. The van der Waals surface area contributed by atoms with Crippen LogP contribution in [-0.4, -0.2) is 49.6 Å². The molecule has 126 valence electrons. The van der Waals surface area contributed by atoms with Gasteiger partial charge in [0.05, 0.1) is 13.2 Å². The lowest BCUT2D eigenvalue weighted by atomic mass is 9.80. The summed E-state index contributed by atoms with van der Waals surface area (Å²) in [7, 11) is 0. The fourth-order valence-corrected chi connectivity index (χ4v) is 3.04. The molecule has 0 radical (unpaired) electrons. The highest BCUT2D eigenvalue weighted by molar-refractivity contribution is 5.83. The molecule has 22 heavy (non-hydrogen) atoms. The van der Waals surface area contributed by atoms with Gasteiger partial charge in [-0.25, -0.2) is 0 Å². The molecule has 0 aromatic rings. The third kappa shape index (κ3) is 3.29. The zero-order valence-corrected chi connectivity index (χ0v) is 14.5. The number of nitrogens with zero attached hydrogens (tertiary/aromatic N) is 1. The second kappa shape index (κ2) is 6.57. The third-order valence-corrected chi connectivity index (χ3v) is 5.63. The van der Waals surface area contributed by atoms with Crippen LogP contribution in [0, 0.1) is 29.1 Å². The Balaban J connectivity index is 1.77. The van der Waals surface area contributed by atoms with Crippen LogP contribution in [0.25, 0.3) is 0 Å². The molecule has 1 unspecified atom stereocenters. The van der Waals surface area contributed by atoms with E-state index in [1.807, 2.05) is 25.7 Å². The molecule has 2 amide bonds. The number of carbonyl (C=O) groups excluding carboxylic acids is 2. The van der Waals surface area contributed by atoms with Crippen LogP contribution in [0.15, 0.2) is 0 Å². The number of hydrogen-bond donors (Lipinski definition) is 1. The minimum absolute atomic E-state index is 0.0580. The maximum Gasteiger partial charge on any atom is 0.226 e. The van der Waals surface area contributed by atoms with E-state index >= 15 is 0 Å². The van der Waals surface area contributed by atoms with E-state index in [0.717, 1.165) is 13.2 Å². The van der Waals surface area contributed by atoms with Crippen molar-refractivity contribution in [2.45, 2.75) is 34.6 Å². The van der Waals surface area contributed by atoms with Crippen LogP contribution in [0.5, 0.6) is 0 Å². The quantitative estimate of drug-likeness (QED) is 0.776. The van der Waals surface area contributed by atoms with Gasteiger partial charge in [-0.1, -0.05) is 27.7 Å². The molecule has 1 saturated carbocycles. The molecule has 2 aliphatic rings. The summed E-state index contributed by atoms with van der Waals surface area (Å²) in [4.78, 5) is 26.6. The third-order valence-electron chi connectivity index (χ3n) is 5.63. The summed E-state index contributed by atoms with van der Waals surface area (Å²) in [5.41, 5.74) is -0.383. The first kappa shape index (κ1) is 17.3. The number of fused-ring (bicyclic) bond motifs is 1. The van der Waals surface area contributed by atoms with E-state index in [9.17, 15) is 9.59 Å². The van der Waals surface area contributed by atoms with E-state index in [4.69, 9.17) is 4.74 Å². The van der Waals surface area contributed by atoms with Gasteiger partial charge in [-0.05, 0) is 24.7 Å². The van der Waals surface area contributed by atoms with Gasteiger partial charge in [0.1, 0.15) is 0 Å². The standard InChI is InChI=1S/C17H30N2O3/c1-6-19(15(20)14-12-9-22-10-13(12)14)8-7-18-16(21)17(4,5)11(2)3/h11-14H,6-10H2,1-5H3,(H,18,21)/t12-,13+,14?. The number of nitrogens with one attached hydrogen (secondary N) is 1. The Morgan fingerprint density at radius 2 is 1.86 bits per heavy atom. The molecule has 1 saturated heterocycles. The minimum atomic E-state index is -0.383. The molecule has 0 bridgehead atoms. The molecule has 1 N–H and O–H groups in total. The fraction of sp³-hybridized carbons (Fsp3) is 0.882. The first-order valence-corrected chi connectivity index (χ1v) is 8.45. The Morgan fingerprint density at radius 1 is 1.27 bits per heavy atom. The average molecular weight is 310 g/mol. The number of hydrogen-bond acceptors (Lipinski definition) is 3. The van der Waals surface area contributed by atoms with Gasteiger partial charge in [-0.2, -0.15) is 0 Å². The Bertz CT molecular complexity index is 424. The monoisotopic (exact) mass is 310 g/mol. The predicted molar refractivity (Wildman–Crippen MR) is 85.2 cm³/mol. The lowest BCUT2D eigenvalue weighted by Gasteiger charge is -2.28. The van der Waals surface area contributed by atoms with Gasteiger partial charge in [0.2, 0.25) is 11.8 Å². The van der Waals surface area contributed by atoms with Crippen LogP contribution in [0.4, 0.5) is 0 Å². The Hall–Kier alpha value is -1.10. The van der Waals surface area contributed by atoms with Crippen molar-refractivity contribution in [3.05, 3.63) is 0 Å². The van der Waals surface area contributed by atoms with Gasteiger partial charge in [0.15, 0.2) is 0 Å². The molecule has 2 rings (SSSR count). The van der Waals surface area contributed by atoms with Gasteiger partial charge in [0.25, 0.3) is 0 Å². The second-order valence-corrected chi connectivity index (χ2v) is 7.44. The van der Waals surface area contributed by atoms with Crippen LogP contribution in [0.2, 0.25) is 0 Å². The molecular formula is C17H30N2O3. The van der Waals surface area contributed by atoms with Crippen molar-refractivity contribution in [1.82, 2.24) is 10.2 Å². The molecule has 3 atom stereocenters. The van der Waals surface area contributed by atoms with Gasteiger partial charge in [-0.3, -0.25) is 9.59 Å². The van der Waals surface area contributed by atoms with Crippen molar-refractivity contribution >= 4 is 11.8 Å². The van der Waals surface area contributed by atoms with Crippen molar-refractivity contribution in [3.63, 3.8) is 0 Å². The van der Waals surface area contributed by atoms with Crippen LogP contribution in [0.3, 0.4) is 0 Å². The molecule has 0 aromatic carbocycles. The van der Waals surface area contributed by atoms with E-state index in [1.165, 1.54) is 0 Å². The number of likely N-dealkylation sites (N-methyl/N-ethyl adjacent to an activating group) is 1. The molecule has 0 aromatic heterocycles. The molecule has 5 nitrogen and oxygen atoms in total. The van der Waals surface area contributed by atoms with Crippen molar-refractivity contribution in [2.24, 2.45) is 29.1 Å². The van der Waals surface area contributed by atoms with E-state index in [-0.39, 0.29) is 29.1 Å². The van der Waals surface area contributed by atoms with E-state index < -0.39 is 0 Å². The van der Waals surface area contributed by atoms with Crippen molar-refractivity contribution in [2.75, 3.05) is 32.8 Å². The first-order chi connectivity index (χ1) is 10.3. The normalized spacial score (nSPS) is 26.7. The summed E-state index contributed by atoms with van der Waals surface area (Å²) in [6.07, 6.45) is 0. The van der Waals surface area contributed by atoms with Crippen LogP contribution in [0.1, 0.15) is 34.6 Å². The molecule has 1 heterocycles. The molecule has 1 aliphatic carbocycles. The number of rotatable bonds is 7. The zero-order chi connectivity index (χ0) is 16.5. The minimum Gasteiger partial charge on any atom is -0.381 e. The maximum absolute atomic E-state index is 12.5. The second-order valence-electron chi connectivity index (χ2n) is 7.44. The van der Waals surface area contributed by atoms with Crippen LogP contribution >= 0.6 is 0 Å². The number of ether oxygens (including phenoxy) is 1. The Labute approximate surface area is 133 Å².